The third kappa shape index (κ3) is 2.78. The molecule has 0 amide bonds. The minimum Gasteiger partial charge on any atom is -0.493 e. The minimum atomic E-state index is 0.487. The maximum Gasteiger partial charge on any atom is 0.169 e. The smallest absolute Gasteiger partial charge is 0.169 e. The van der Waals surface area contributed by atoms with Crippen LogP contribution in [0.1, 0.15) is 21.5 Å². The number of aryl methyl sites for hydroxylation is 1. The molecule has 0 aromatic heterocycles. The largest absolute Gasteiger partial charge is 0.493 e. The predicted molar refractivity (Wildman–Crippen MR) is 74.3 cm³/mol. The molecule has 0 spiro atoms. The normalized spacial score (nSPS) is 9.65. The van der Waals surface area contributed by atoms with Crippen LogP contribution in [0.4, 0.5) is 0 Å². The summed E-state index contributed by atoms with van der Waals surface area (Å²) < 4.78 is 10.9. The van der Waals surface area contributed by atoms with Crippen molar-refractivity contribution in [3.63, 3.8) is 0 Å². The Morgan fingerprint density at radius 3 is 2.55 bits per heavy atom. The van der Waals surface area contributed by atoms with Gasteiger partial charge in [0.2, 0.25) is 0 Å². The third-order valence-corrected chi connectivity index (χ3v) is 2.89. The number of carbonyl (C=O) groups excluding carboxylic acids is 1. The van der Waals surface area contributed by atoms with Crippen molar-refractivity contribution in [2.75, 3.05) is 7.11 Å². The van der Waals surface area contributed by atoms with Gasteiger partial charge in [0.05, 0.1) is 18.7 Å². The van der Waals surface area contributed by atoms with Gasteiger partial charge < -0.3 is 9.47 Å². The second kappa shape index (κ2) is 5.89. The Bertz CT molecular complexity index is 687. The molecule has 0 N–H and O–H groups in total. The van der Waals surface area contributed by atoms with Crippen LogP contribution in [0.15, 0.2) is 36.4 Å². The van der Waals surface area contributed by atoms with E-state index in [1.807, 2.05) is 13.0 Å². The highest BCUT2D eigenvalue weighted by molar-refractivity contribution is 5.77. The highest BCUT2D eigenvalue weighted by Crippen LogP contribution is 2.32. The van der Waals surface area contributed by atoms with Crippen LogP contribution < -0.4 is 9.47 Å². The molecule has 4 heteroatoms. The first kappa shape index (κ1) is 13.6. The average Bonchev–Trinajstić information content (AvgIpc) is 2.48. The summed E-state index contributed by atoms with van der Waals surface area (Å²) in [6.07, 6.45) is 0.807. The van der Waals surface area contributed by atoms with E-state index in [0.717, 1.165) is 11.8 Å². The van der Waals surface area contributed by atoms with E-state index < -0.39 is 0 Å². The molecule has 0 aliphatic carbocycles. The number of carbonyl (C=O) groups is 1. The number of methoxy groups -OCH3 is 1. The molecule has 0 aliphatic rings. The van der Waals surface area contributed by atoms with E-state index >= 15 is 0 Å². The van der Waals surface area contributed by atoms with Crippen molar-refractivity contribution < 1.29 is 14.3 Å². The van der Waals surface area contributed by atoms with Gasteiger partial charge in [-0.2, -0.15) is 5.26 Å². The van der Waals surface area contributed by atoms with Crippen LogP contribution in [0, 0.1) is 18.3 Å². The topological polar surface area (TPSA) is 59.3 Å². The van der Waals surface area contributed by atoms with Crippen molar-refractivity contribution >= 4 is 6.29 Å². The summed E-state index contributed by atoms with van der Waals surface area (Å²) >= 11 is 0. The maximum atomic E-state index is 10.8. The maximum absolute atomic E-state index is 10.8. The van der Waals surface area contributed by atoms with Gasteiger partial charge in [0.15, 0.2) is 11.5 Å². The SMILES string of the molecule is COc1cc(C#N)ccc1Oc1ccc(C=O)c(C)c1. The molecule has 0 fully saturated rings. The molecule has 0 aliphatic heterocycles. The fourth-order valence-corrected chi connectivity index (χ4v) is 1.79. The number of hydrogen-bond acceptors (Lipinski definition) is 4. The van der Waals surface area contributed by atoms with Crippen molar-refractivity contribution in [2.45, 2.75) is 6.92 Å². The van der Waals surface area contributed by atoms with Crippen LogP contribution >= 0.6 is 0 Å². The lowest BCUT2D eigenvalue weighted by atomic mass is 10.1. The van der Waals surface area contributed by atoms with E-state index in [1.165, 1.54) is 7.11 Å². The second-order valence-corrected chi connectivity index (χ2v) is 4.22. The standard InChI is InChI=1S/C16H13NO3/c1-11-7-14(5-4-13(11)10-18)20-15-6-3-12(9-17)8-16(15)19-2/h3-8,10H,1-2H3. The molecule has 100 valence electrons. The first-order valence-electron chi connectivity index (χ1n) is 5.99. The molecule has 0 atom stereocenters. The summed E-state index contributed by atoms with van der Waals surface area (Å²) in [6.45, 7) is 1.84. The zero-order chi connectivity index (χ0) is 14.5. The van der Waals surface area contributed by atoms with E-state index in [9.17, 15) is 4.79 Å². The number of rotatable bonds is 4. The Kier molecular flexibility index (Phi) is 4.02. The first-order valence-corrected chi connectivity index (χ1v) is 5.99. The molecular formula is C16H13NO3. The summed E-state index contributed by atoms with van der Waals surface area (Å²) in [5.74, 6) is 1.61. The van der Waals surface area contributed by atoms with Crippen LogP contribution in [-0.4, -0.2) is 13.4 Å². The molecule has 0 unspecified atom stereocenters. The van der Waals surface area contributed by atoms with Gasteiger partial charge in [0, 0.05) is 11.6 Å². The van der Waals surface area contributed by atoms with Crippen LogP contribution in [-0.2, 0) is 0 Å². The van der Waals surface area contributed by atoms with Gasteiger partial charge in [-0.25, -0.2) is 0 Å². The van der Waals surface area contributed by atoms with E-state index in [-0.39, 0.29) is 0 Å². The molecule has 2 aromatic rings. The van der Waals surface area contributed by atoms with Crippen LogP contribution in [0.3, 0.4) is 0 Å². The number of nitrogens with zero attached hydrogens (tertiary/aromatic N) is 1. The van der Waals surface area contributed by atoms with Crippen molar-refractivity contribution in [2.24, 2.45) is 0 Å². The fourth-order valence-electron chi connectivity index (χ4n) is 1.79. The van der Waals surface area contributed by atoms with Gasteiger partial charge in [-0.05, 0) is 42.8 Å². The number of aldehydes is 1. The number of hydrogen-bond donors (Lipinski definition) is 0. The molecule has 4 nitrogen and oxygen atoms in total. The molecule has 0 radical (unpaired) electrons. The Morgan fingerprint density at radius 1 is 1.15 bits per heavy atom. The Hall–Kier alpha value is -2.80. The highest BCUT2D eigenvalue weighted by Gasteiger charge is 2.08. The summed E-state index contributed by atoms with van der Waals surface area (Å²) in [5.41, 5.74) is 1.97. The monoisotopic (exact) mass is 267 g/mol. The van der Waals surface area contributed by atoms with Crippen LogP contribution in [0.25, 0.3) is 0 Å². The molecular weight excluding hydrogens is 254 g/mol. The van der Waals surface area contributed by atoms with Crippen molar-refractivity contribution in [1.29, 1.82) is 5.26 Å². The Morgan fingerprint density at radius 2 is 1.95 bits per heavy atom. The molecule has 0 bridgehead atoms. The van der Waals surface area contributed by atoms with Gasteiger partial charge in [0.1, 0.15) is 12.0 Å². The summed E-state index contributed by atoms with van der Waals surface area (Å²) in [6, 6.07) is 12.2. The Labute approximate surface area is 117 Å². The highest BCUT2D eigenvalue weighted by atomic mass is 16.5. The molecule has 0 heterocycles. The second-order valence-electron chi connectivity index (χ2n) is 4.22. The Balaban J connectivity index is 2.32. The van der Waals surface area contributed by atoms with E-state index in [4.69, 9.17) is 14.7 Å². The first-order chi connectivity index (χ1) is 9.67. The van der Waals surface area contributed by atoms with Gasteiger partial charge in [-0.3, -0.25) is 4.79 Å². The zero-order valence-electron chi connectivity index (χ0n) is 11.2. The van der Waals surface area contributed by atoms with Crippen LogP contribution in [0.2, 0.25) is 0 Å². The van der Waals surface area contributed by atoms with E-state index in [2.05, 4.69) is 0 Å². The predicted octanol–water partition coefficient (Wildman–Crippen LogP) is 3.48. The molecule has 2 aromatic carbocycles. The lowest BCUT2D eigenvalue weighted by Gasteiger charge is -2.11. The average molecular weight is 267 g/mol. The molecule has 0 saturated carbocycles. The summed E-state index contributed by atoms with van der Waals surface area (Å²) in [4.78, 5) is 10.8. The van der Waals surface area contributed by atoms with Gasteiger partial charge in [-0.1, -0.05) is 0 Å². The van der Waals surface area contributed by atoms with Gasteiger partial charge in [-0.15, -0.1) is 0 Å². The lowest BCUT2D eigenvalue weighted by molar-refractivity contribution is 0.112. The molecule has 2 rings (SSSR count). The zero-order valence-corrected chi connectivity index (χ0v) is 11.2. The molecule has 0 saturated heterocycles. The summed E-state index contributed by atoms with van der Waals surface area (Å²) in [5, 5.41) is 8.85. The van der Waals surface area contributed by atoms with E-state index in [0.29, 0.717) is 28.4 Å². The van der Waals surface area contributed by atoms with Crippen molar-refractivity contribution in [3.8, 4) is 23.3 Å². The van der Waals surface area contributed by atoms with Crippen molar-refractivity contribution in [1.82, 2.24) is 0 Å². The lowest BCUT2D eigenvalue weighted by Crippen LogP contribution is -1.93. The van der Waals surface area contributed by atoms with Crippen molar-refractivity contribution in [3.05, 3.63) is 53.1 Å². The van der Waals surface area contributed by atoms with Gasteiger partial charge in [0.25, 0.3) is 0 Å². The quantitative estimate of drug-likeness (QED) is 0.796. The molecule has 20 heavy (non-hydrogen) atoms. The number of benzene rings is 2. The fraction of sp³-hybridized carbons (Fsp3) is 0.125. The van der Waals surface area contributed by atoms with E-state index in [1.54, 1.807) is 36.4 Å². The minimum absolute atomic E-state index is 0.487. The third-order valence-electron chi connectivity index (χ3n) is 2.89. The van der Waals surface area contributed by atoms with Crippen LogP contribution in [0.5, 0.6) is 17.2 Å². The number of nitriles is 1. The number of ether oxygens (including phenoxy) is 2. The van der Waals surface area contributed by atoms with Gasteiger partial charge >= 0.3 is 0 Å². The summed E-state index contributed by atoms with van der Waals surface area (Å²) in [7, 11) is 1.52.